The molecule has 0 saturated carbocycles. The van der Waals surface area contributed by atoms with Gasteiger partial charge in [-0.2, -0.15) is 0 Å². The molecular weight excluding hydrogens is 440 g/mol. The van der Waals surface area contributed by atoms with Crippen LogP contribution in [0.4, 0.5) is 11.4 Å². The van der Waals surface area contributed by atoms with Gasteiger partial charge in [0, 0.05) is 16.4 Å². The summed E-state index contributed by atoms with van der Waals surface area (Å²) in [5.74, 6) is 0.628. The van der Waals surface area contributed by atoms with E-state index < -0.39 is 10.0 Å². The Morgan fingerprint density at radius 3 is 2.26 bits per heavy atom. The first-order valence-corrected chi connectivity index (χ1v) is 11.1. The van der Waals surface area contributed by atoms with Crippen LogP contribution in [0.1, 0.15) is 5.56 Å². The van der Waals surface area contributed by atoms with Gasteiger partial charge in [0.1, 0.15) is 11.5 Å². The maximum atomic E-state index is 12.5. The third-order valence-corrected chi connectivity index (χ3v) is 5.95. The van der Waals surface area contributed by atoms with Crippen LogP contribution in [0.25, 0.3) is 0 Å². The van der Waals surface area contributed by atoms with E-state index in [-0.39, 0.29) is 17.4 Å². The molecule has 3 rings (SSSR count). The summed E-state index contributed by atoms with van der Waals surface area (Å²) in [5, 5.41) is 3.24. The second kappa shape index (κ2) is 9.72. The highest BCUT2D eigenvalue weighted by atomic mass is 35.5. The van der Waals surface area contributed by atoms with Gasteiger partial charge in [-0.15, -0.1) is 0 Å². The molecule has 0 fully saturated rings. The molecular formula is C22H21ClN2O5S. The molecule has 0 aliphatic carbocycles. The lowest BCUT2D eigenvalue weighted by molar-refractivity contribution is -0.118. The van der Waals surface area contributed by atoms with E-state index in [9.17, 15) is 13.2 Å². The van der Waals surface area contributed by atoms with Crippen molar-refractivity contribution in [1.29, 1.82) is 0 Å². The molecule has 162 valence electrons. The lowest BCUT2D eigenvalue weighted by Gasteiger charge is -2.11. The number of benzene rings is 3. The van der Waals surface area contributed by atoms with E-state index in [1.165, 1.54) is 31.4 Å². The maximum Gasteiger partial charge on any atom is 0.262 e. The first-order chi connectivity index (χ1) is 14.8. The minimum Gasteiger partial charge on any atom is -0.497 e. The highest BCUT2D eigenvalue weighted by molar-refractivity contribution is 7.92. The fourth-order valence-corrected chi connectivity index (χ4v) is 3.88. The van der Waals surface area contributed by atoms with Crippen molar-refractivity contribution in [2.45, 2.75) is 11.8 Å². The van der Waals surface area contributed by atoms with Crippen LogP contribution in [0.15, 0.2) is 71.6 Å². The van der Waals surface area contributed by atoms with Crippen LogP contribution in [0.2, 0.25) is 5.02 Å². The van der Waals surface area contributed by atoms with Gasteiger partial charge in [0.25, 0.3) is 15.9 Å². The minimum atomic E-state index is -3.77. The molecule has 9 heteroatoms. The van der Waals surface area contributed by atoms with Crippen molar-refractivity contribution in [3.05, 3.63) is 77.3 Å². The highest BCUT2D eigenvalue weighted by Crippen LogP contribution is 2.22. The first-order valence-electron chi connectivity index (χ1n) is 9.22. The summed E-state index contributed by atoms with van der Waals surface area (Å²) >= 11 is 5.95. The number of aryl methyl sites for hydroxylation is 1. The molecule has 0 aliphatic rings. The normalized spacial score (nSPS) is 10.9. The van der Waals surface area contributed by atoms with Crippen LogP contribution >= 0.6 is 11.6 Å². The predicted molar refractivity (Wildman–Crippen MR) is 121 cm³/mol. The van der Waals surface area contributed by atoms with E-state index in [4.69, 9.17) is 21.1 Å². The Kier molecular flexibility index (Phi) is 7.04. The Morgan fingerprint density at radius 1 is 0.968 bits per heavy atom. The van der Waals surface area contributed by atoms with E-state index in [0.29, 0.717) is 27.9 Å². The number of methoxy groups -OCH3 is 1. The number of rotatable bonds is 8. The summed E-state index contributed by atoms with van der Waals surface area (Å²) < 4.78 is 38.1. The molecule has 0 aliphatic heterocycles. The molecule has 3 aromatic carbocycles. The van der Waals surface area contributed by atoms with Crippen LogP contribution in [-0.4, -0.2) is 28.0 Å². The zero-order valence-corrected chi connectivity index (χ0v) is 18.5. The molecule has 31 heavy (non-hydrogen) atoms. The third-order valence-electron chi connectivity index (χ3n) is 4.32. The van der Waals surface area contributed by atoms with Crippen molar-refractivity contribution < 1.29 is 22.7 Å². The number of amides is 1. The number of nitrogens with one attached hydrogen (secondary N) is 2. The topological polar surface area (TPSA) is 93.7 Å². The van der Waals surface area contributed by atoms with E-state index in [2.05, 4.69) is 10.0 Å². The van der Waals surface area contributed by atoms with E-state index in [0.717, 1.165) is 5.56 Å². The summed E-state index contributed by atoms with van der Waals surface area (Å²) in [5.41, 5.74) is 1.89. The molecule has 0 atom stereocenters. The number of carbonyl (C=O) groups is 1. The van der Waals surface area contributed by atoms with Gasteiger partial charge in [-0.25, -0.2) is 8.42 Å². The lowest BCUT2D eigenvalue weighted by Crippen LogP contribution is -2.20. The Morgan fingerprint density at radius 2 is 1.61 bits per heavy atom. The quantitative estimate of drug-likeness (QED) is 0.517. The van der Waals surface area contributed by atoms with Gasteiger partial charge in [0.15, 0.2) is 6.61 Å². The molecule has 1 amide bonds. The number of sulfonamides is 1. The van der Waals surface area contributed by atoms with Crippen LogP contribution in [0, 0.1) is 6.92 Å². The average Bonchev–Trinajstić information content (AvgIpc) is 2.75. The Bertz CT molecular complexity index is 1160. The van der Waals surface area contributed by atoms with Crippen molar-refractivity contribution in [2.24, 2.45) is 0 Å². The largest absolute Gasteiger partial charge is 0.497 e. The Hall–Kier alpha value is -3.23. The molecule has 0 unspecified atom stereocenters. The molecule has 0 spiro atoms. The smallest absolute Gasteiger partial charge is 0.262 e. The highest BCUT2D eigenvalue weighted by Gasteiger charge is 2.15. The Labute approximate surface area is 186 Å². The van der Waals surface area contributed by atoms with Gasteiger partial charge in [-0.3, -0.25) is 9.52 Å². The van der Waals surface area contributed by atoms with Crippen LogP contribution in [-0.2, 0) is 14.8 Å². The van der Waals surface area contributed by atoms with Crippen LogP contribution in [0.3, 0.4) is 0 Å². The number of ether oxygens (including phenoxy) is 2. The monoisotopic (exact) mass is 460 g/mol. The van der Waals surface area contributed by atoms with Gasteiger partial charge < -0.3 is 14.8 Å². The van der Waals surface area contributed by atoms with Crippen molar-refractivity contribution in [1.82, 2.24) is 0 Å². The molecule has 3 aromatic rings. The number of carbonyl (C=O) groups excluding carboxylic acids is 1. The summed E-state index contributed by atoms with van der Waals surface area (Å²) in [6, 6.07) is 17.5. The third kappa shape index (κ3) is 6.13. The first kappa shape index (κ1) is 22.5. The zero-order chi connectivity index (χ0) is 22.4. The Balaban J connectivity index is 1.58. The summed E-state index contributed by atoms with van der Waals surface area (Å²) in [6.45, 7) is 1.62. The van der Waals surface area contributed by atoms with E-state index >= 15 is 0 Å². The minimum absolute atomic E-state index is 0.0645. The van der Waals surface area contributed by atoms with E-state index in [1.807, 2.05) is 6.92 Å². The zero-order valence-electron chi connectivity index (χ0n) is 16.9. The number of hydrogen-bond donors (Lipinski definition) is 2. The molecule has 0 saturated heterocycles. The van der Waals surface area contributed by atoms with Gasteiger partial charge in [0.2, 0.25) is 0 Å². The average molecular weight is 461 g/mol. The van der Waals surface area contributed by atoms with Gasteiger partial charge >= 0.3 is 0 Å². The maximum absolute atomic E-state index is 12.5. The van der Waals surface area contributed by atoms with Crippen molar-refractivity contribution in [3.63, 3.8) is 0 Å². The molecule has 7 nitrogen and oxygen atoms in total. The van der Waals surface area contributed by atoms with Crippen molar-refractivity contribution >= 4 is 38.9 Å². The molecule has 0 radical (unpaired) electrons. The fraction of sp³-hybridized carbons (Fsp3) is 0.136. The molecule has 0 bridgehead atoms. The van der Waals surface area contributed by atoms with Gasteiger partial charge in [-0.05, 0) is 73.2 Å². The van der Waals surface area contributed by atoms with Gasteiger partial charge in [0.05, 0.1) is 12.0 Å². The fourth-order valence-electron chi connectivity index (χ4n) is 2.65. The van der Waals surface area contributed by atoms with Crippen molar-refractivity contribution in [2.75, 3.05) is 23.8 Å². The van der Waals surface area contributed by atoms with Crippen molar-refractivity contribution in [3.8, 4) is 11.5 Å². The SMILES string of the molecule is COc1ccc(NS(=O)(=O)c2ccc(OCC(=O)Nc3cc(Cl)ccc3C)cc2)cc1. The van der Waals surface area contributed by atoms with E-state index in [1.54, 1.807) is 42.5 Å². The number of halogens is 1. The molecule has 0 aromatic heterocycles. The summed E-state index contributed by atoms with van der Waals surface area (Å²) in [7, 11) is -2.24. The van der Waals surface area contributed by atoms with Gasteiger partial charge in [-0.1, -0.05) is 17.7 Å². The number of hydrogen-bond acceptors (Lipinski definition) is 5. The number of anilines is 2. The second-order valence-electron chi connectivity index (χ2n) is 6.60. The summed E-state index contributed by atoms with van der Waals surface area (Å²) in [6.07, 6.45) is 0. The van der Waals surface area contributed by atoms with Crippen LogP contribution in [0.5, 0.6) is 11.5 Å². The van der Waals surface area contributed by atoms with Crippen LogP contribution < -0.4 is 19.5 Å². The summed E-state index contributed by atoms with van der Waals surface area (Å²) in [4.78, 5) is 12.2. The predicted octanol–water partition coefficient (Wildman–Crippen LogP) is 4.48. The standard InChI is InChI=1S/C22H21ClN2O5S/c1-15-3-4-16(23)13-21(15)24-22(26)14-30-19-9-11-20(12-10-19)31(27,28)25-17-5-7-18(29-2)8-6-17/h3-13,25H,14H2,1-2H3,(H,24,26). The lowest BCUT2D eigenvalue weighted by atomic mass is 10.2. The second-order valence-corrected chi connectivity index (χ2v) is 8.72. The molecule has 2 N–H and O–H groups in total. The molecule has 0 heterocycles.